The number of piperidine rings is 1. The summed E-state index contributed by atoms with van der Waals surface area (Å²) in [6.45, 7) is 8.94. The van der Waals surface area contributed by atoms with E-state index in [0.29, 0.717) is 0 Å². The van der Waals surface area contributed by atoms with Crippen LogP contribution in [-0.2, 0) is 20.0 Å². The number of methoxy groups -OCH3 is 1. The minimum absolute atomic E-state index is 0.730. The van der Waals surface area contributed by atoms with E-state index in [4.69, 9.17) is 9.72 Å². The smallest absolute Gasteiger partial charge is 0.123 e. The molecule has 2 heterocycles. The number of benzene rings is 2. The van der Waals surface area contributed by atoms with E-state index < -0.39 is 0 Å². The molecule has 31 heavy (non-hydrogen) atoms. The zero-order valence-corrected chi connectivity index (χ0v) is 19.3. The van der Waals surface area contributed by atoms with Crippen molar-refractivity contribution in [2.75, 3.05) is 39.8 Å². The van der Waals surface area contributed by atoms with Gasteiger partial charge in [-0.25, -0.2) is 4.98 Å². The lowest BCUT2D eigenvalue weighted by molar-refractivity contribution is 0.131. The van der Waals surface area contributed by atoms with Crippen LogP contribution < -0.4 is 4.74 Å². The molecule has 2 aromatic carbocycles. The number of imidazole rings is 1. The molecule has 1 atom stereocenters. The number of aromatic nitrogens is 2. The summed E-state index contributed by atoms with van der Waals surface area (Å²) in [5.41, 5.74) is 3.67. The molecule has 0 N–H and O–H groups in total. The number of fused-ring (bicyclic) bond motifs is 1. The van der Waals surface area contributed by atoms with Crippen LogP contribution in [0.15, 0.2) is 48.5 Å². The quantitative estimate of drug-likeness (QED) is 0.515. The second kappa shape index (κ2) is 10.3. The molecule has 0 amide bonds. The van der Waals surface area contributed by atoms with Crippen LogP contribution in [0.5, 0.6) is 5.75 Å². The van der Waals surface area contributed by atoms with Gasteiger partial charge in [0, 0.05) is 26.7 Å². The Hall–Kier alpha value is -2.37. The first-order valence-electron chi connectivity index (χ1n) is 11.6. The Kier molecular flexibility index (Phi) is 7.25. The van der Waals surface area contributed by atoms with Gasteiger partial charge in [-0.2, -0.15) is 0 Å². The van der Waals surface area contributed by atoms with Gasteiger partial charge in [0.1, 0.15) is 11.6 Å². The molecule has 3 aromatic rings. The maximum absolute atomic E-state index is 5.37. The number of rotatable bonds is 9. The molecule has 4 rings (SSSR count). The van der Waals surface area contributed by atoms with Gasteiger partial charge in [0.25, 0.3) is 0 Å². The van der Waals surface area contributed by atoms with Gasteiger partial charge in [0.2, 0.25) is 0 Å². The normalized spacial score (nSPS) is 17.5. The van der Waals surface area contributed by atoms with Crippen LogP contribution in [-0.4, -0.2) is 59.2 Å². The first-order chi connectivity index (χ1) is 15.2. The topological polar surface area (TPSA) is 33.5 Å². The molecule has 5 heteroatoms. The van der Waals surface area contributed by atoms with Crippen LogP contribution in [0.1, 0.15) is 31.2 Å². The molecule has 0 saturated carbocycles. The molecule has 5 nitrogen and oxygen atoms in total. The highest BCUT2D eigenvalue weighted by molar-refractivity contribution is 5.75. The third kappa shape index (κ3) is 5.46. The van der Waals surface area contributed by atoms with Gasteiger partial charge in [0.15, 0.2) is 0 Å². The number of aryl methyl sites for hydroxylation is 1. The molecule has 1 aliphatic heterocycles. The van der Waals surface area contributed by atoms with Crippen molar-refractivity contribution in [1.29, 1.82) is 0 Å². The summed E-state index contributed by atoms with van der Waals surface area (Å²) >= 11 is 0. The summed E-state index contributed by atoms with van der Waals surface area (Å²) < 4.78 is 7.62. The highest BCUT2D eigenvalue weighted by Gasteiger charge is 2.22. The van der Waals surface area contributed by atoms with Gasteiger partial charge in [-0.3, -0.25) is 4.90 Å². The lowest BCUT2D eigenvalue weighted by Crippen LogP contribution is -2.41. The van der Waals surface area contributed by atoms with Crippen LogP contribution in [0.2, 0.25) is 0 Å². The highest BCUT2D eigenvalue weighted by atomic mass is 16.5. The lowest BCUT2D eigenvalue weighted by atomic mass is 9.97. The molecule has 166 valence electrons. The Morgan fingerprint density at radius 3 is 2.84 bits per heavy atom. The third-order valence-electron chi connectivity index (χ3n) is 6.66. The molecule has 0 aliphatic carbocycles. The SMILES string of the molecule is CCN(Cc1nc2ccccc2n1C)C[C@@H]1CCCN(CCc2cccc(OC)c2)C1. The average Bonchev–Trinajstić information content (AvgIpc) is 3.13. The minimum atomic E-state index is 0.730. The van der Waals surface area contributed by atoms with Gasteiger partial charge < -0.3 is 14.2 Å². The molecular formula is C26H36N4O. The molecule has 0 radical (unpaired) electrons. The Balaban J connectivity index is 1.32. The van der Waals surface area contributed by atoms with Gasteiger partial charge in [-0.05, 0) is 68.1 Å². The van der Waals surface area contributed by atoms with Crippen molar-refractivity contribution in [3.8, 4) is 5.75 Å². The second-order valence-corrected chi connectivity index (χ2v) is 8.81. The van der Waals surface area contributed by atoms with Crippen molar-refractivity contribution in [2.24, 2.45) is 13.0 Å². The second-order valence-electron chi connectivity index (χ2n) is 8.81. The minimum Gasteiger partial charge on any atom is -0.497 e. The van der Waals surface area contributed by atoms with Crippen LogP contribution >= 0.6 is 0 Å². The van der Waals surface area contributed by atoms with E-state index in [1.54, 1.807) is 7.11 Å². The fraction of sp³-hybridized carbons (Fsp3) is 0.500. The number of para-hydroxylation sites is 2. The van der Waals surface area contributed by atoms with Gasteiger partial charge >= 0.3 is 0 Å². The number of nitrogens with zero attached hydrogens (tertiary/aromatic N) is 4. The summed E-state index contributed by atoms with van der Waals surface area (Å²) in [5.74, 6) is 2.84. The molecule has 1 fully saturated rings. The Labute approximate surface area is 186 Å². The average molecular weight is 421 g/mol. The molecule has 0 unspecified atom stereocenters. The number of hydrogen-bond acceptors (Lipinski definition) is 4. The van der Waals surface area contributed by atoms with Crippen molar-refractivity contribution in [3.63, 3.8) is 0 Å². The molecule has 1 saturated heterocycles. The van der Waals surface area contributed by atoms with E-state index in [-0.39, 0.29) is 0 Å². The number of hydrogen-bond donors (Lipinski definition) is 0. The maximum Gasteiger partial charge on any atom is 0.123 e. The molecule has 0 bridgehead atoms. The van der Waals surface area contributed by atoms with Gasteiger partial charge in [-0.1, -0.05) is 31.2 Å². The predicted octanol–water partition coefficient (Wildman–Crippen LogP) is 4.36. The van der Waals surface area contributed by atoms with Crippen molar-refractivity contribution < 1.29 is 4.74 Å². The van der Waals surface area contributed by atoms with Crippen molar-refractivity contribution >= 4 is 11.0 Å². The molecule has 0 spiro atoms. The standard InChI is InChI=1S/C26H36N4O/c1-4-29(20-26-27-24-12-5-6-13-25(24)28(26)2)18-22-10-8-15-30(19-22)16-14-21-9-7-11-23(17-21)31-3/h5-7,9,11-13,17,22H,4,8,10,14-16,18-20H2,1-3H3/t22-/m0/s1. The van der Waals surface area contributed by atoms with Crippen molar-refractivity contribution in [2.45, 2.75) is 32.7 Å². The summed E-state index contributed by atoms with van der Waals surface area (Å²) in [4.78, 5) is 10.1. The van der Waals surface area contributed by atoms with Crippen molar-refractivity contribution in [1.82, 2.24) is 19.4 Å². The Morgan fingerprint density at radius 1 is 1.16 bits per heavy atom. The van der Waals surface area contributed by atoms with E-state index in [1.165, 1.54) is 37.0 Å². The number of ether oxygens (including phenoxy) is 1. The van der Waals surface area contributed by atoms with Crippen LogP contribution in [0.4, 0.5) is 0 Å². The van der Waals surface area contributed by atoms with E-state index in [9.17, 15) is 0 Å². The lowest BCUT2D eigenvalue weighted by Gasteiger charge is -2.35. The van der Waals surface area contributed by atoms with Crippen molar-refractivity contribution in [3.05, 3.63) is 59.9 Å². The monoisotopic (exact) mass is 420 g/mol. The molecule has 1 aliphatic rings. The maximum atomic E-state index is 5.37. The van der Waals surface area contributed by atoms with Crippen LogP contribution in [0, 0.1) is 5.92 Å². The predicted molar refractivity (Wildman–Crippen MR) is 128 cm³/mol. The number of likely N-dealkylation sites (tertiary alicyclic amines) is 1. The van der Waals surface area contributed by atoms with E-state index in [0.717, 1.165) is 55.6 Å². The Morgan fingerprint density at radius 2 is 2.03 bits per heavy atom. The van der Waals surface area contributed by atoms with Crippen LogP contribution in [0.3, 0.4) is 0 Å². The zero-order chi connectivity index (χ0) is 21.6. The van der Waals surface area contributed by atoms with Crippen LogP contribution in [0.25, 0.3) is 11.0 Å². The summed E-state index contributed by atoms with van der Waals surface area (Å²) in [6.07, 6.45) is 3.71. The highest BCUT2D eigenvalue weighted by Crippen LogP contribution is 2.21. The van der Waals surface area contributed by atoms with Gasteiger partial charge in [0.05, 0.1) is 24.7 Å². The summed E-state index contributed by atoms with van der Waals surface area (Å²) in [5, 5.41) is 0. The molecule has 1 aromatic heterocycles. The van der Waals surface area contributed by atoms with E-state index in [2.05, 4.69) is 70.8 Å². The Bertz CT molecular complexity index is 982. The largest absolute Gasteiger partial charge is 0.497 e. The summed E-state index contributed by atoms with van der Waals surface area (Å²) in [6, 6.07) is 16.9. The fourth-order valence-electron chi connectivity index (χ4n) is 4.83. The zero-order valence-electron chi connectivity index (χ0n) is 19.3. The first kappa shape index (κ1) is 21.8. The molecular weight excluding hydrogens is 384 g/mol. The fourth-order valence-corrected chi connectivity index (χ4v) is 4.83. The van der Waals surface area contributed by atoms with Gasteiger partial charge in [-0.15, -0.1) is 0 Å². The van der Waals surface area contributed by atoms with E-state index in [1.807, 2.05) is 6.07 Å². The third-order valence-corrected chi connectivity index (χ3v) is 6.66. The van der Waals surface area contributed by atoms with E-state index >= 15 is 0 Å². The first-order valence-corrected chi connectivity index (χ1v) is 11.6. The summed E-state index contributed by atoms with van der Waals surface area (Å²) in [7, 11) is 3.88.